The molecule has 1 amide bonds. The molecular formula is C32H26FN5O2. The monoisotopic (exact) mass is 531 g/mol. The highest BCUT2D eigenvalue weighted by molar-refractivity contribution is 6.16. The SMILES string of the molecule is Cc1nc2ccn(C(=O)N(C)C)c(Cc3ccc(C(=O)c4c[nH]c5cc(-c6ccc(F)cc6)ccc45)cc3)c-2n1. The van der Waals surface area contributed by atoms with Crippen molar-refractivity contribution in [3.8, 4) is 22.5 Å². The van der Waals surface area contributed by atoms with Crippen molar-refractivity contribution in [1.29, 1.82) is 0 Å². The number of benzene rings is 3. The highest BCUT2D eigenvalue weighted by Crippen LogP contribution is 2.29. The Morgan fingerprint density at radius 1 is 0.925 bits per heavy atom. The van der Waals surface area contributed by atoms with E-state index in [4.69, 9.17) is 0 Å². The number of aromatic amines is 1. The van der Waals surface area contributed by atoms with Crippen molar-refractivity contribution in [2.75, 3.05) is 14.1 Å². The molecule has 7 nitrogen and oxygen atoms in total. The van der Waals surface area contributed by atoms with E-state index in [0.29, 0.717) is 29.1 Å². The van der Waals surface area contributed by atoms with Gasteiger partial charge in [0.25, 0.3) is 0 Å². The van der Waals surface area contributed by atoms with E-state index in [9.17, 15) is 14.0 Å². The first-order valence-corrected chi connectivity index (χ1v) is 12.9. The van der Waals surface area contributed by atoms with Crippen LogP contribution in [0.3, 0.4) is 0 Å². The Morgan fingerprint density at radius 3 is 2.38 bits per heavy atom. The highest BCUT2D eigenvalue weighted by Gasteiger charge is 2.21. The quantitative estimate of drug-likeness (QED) is 0.264. The summed E-state index contributed by atoms with van der Waals surface area (Å²) >= 11 is 0. The zero-order chi connectivity index (χ0) is 28.0. The van der Waals surface area contributed by atoms with Gasteiger partial charge in [0.2, 0.25) is 0 Å². The second-order valence-electron chi connectivity index (χ2n) is 9.99. The van der Waals surface area contributed by atoms with Crippen LogP contribution in [0.4, 0.5) is 9.18 Å². The van der Waals surface area contributed by atoms with Crippen LogP contribution in [-0.2, 0) is 6.42 Å². The summed E-state index contributed by atoms with van der Waals surface area (Å²) in [5, 5.41) is 0.819. The zero-order valence-electron chi connectivity index (χ0n) is 22.3. The lowest BCUT2D eigenvalue weighted by Crippen LogP contribution is -2.29. The van der Waals surface area contributed by atoms with Gasteiger partial charge in [0, 0.05) is 54.9 Å². The van der Waals surface area contributed by atoms with Crippen molar-refractivity contribution in [3.63, 3.8) is 0 Å². The molecule has 0 saturated heterocycles. The maximum absolute atomic E-state index is 13.4. The van der Waals surface area contributed by atoms with Crippen LogP contribution in [0.15, 0.2) is 85.2 Å². The number of ketones is 1. The Balaban J connectivity index is 1.28. The smallest absolute Gasteiger partial charge is 0.327 e. The second kappa shape index (κ2) is 9.89. The van der Waals surface area contributed by atoms with Crippen molar-refractivity contribution in [2.45, 2.75) is 13.3 Å². The number of amides is 1. The minimum Gasteiger partial charge on any atom is -0.360 e. The molecule has 0 saturated carbocycles. The van der Waals surface area contributed by atoms with Gasteiger partial charge in [0.15, 0.2) is 5.78 Å². The van der Waals surface area contributed by atoms with Crippen molar-refractivity contribution in [1.82, 2.24) is 24.4 Å². The number of hydrogen-bond donors (Lipinski definition) is 1. The molecule has 2 aliphatic rings. The van der Waals surface area contributed by atoms with Crippen molar-refractivity contribution in [2.24, 2.45) is 0 Å². The van der Waals surface area contributed by atoms with E-state index < -0.39 is 0 Å². The van der Waals surface area contributed by atoms with Crippen molar-refractivity contribution >= 4 is 22.7 Å². The lowest BCUT2D eigenvalue weighted by molar-refractivity contribution is 0.104. The number of hydrogen-bond acceptors (Lipinski definition) is 4. The van der Waals surface area contributed by atoms with Crippen LogP contribution in [0.25, 0.3) is 33.4 Å². The maximum Gasteiger partial charge on any atom is 0.327 e. The summed E-state index contributed by atoms with van der Waals surface area (Å²) in [5.74, 6) is 0.275. The molecule has 2 aliphatic heterocycles. The Hall–Kier alpha value is -5.11. The molecule has 0 unspecified atom stereocenters. The number of carbonyl (C=O) groups excluding carboxylic acids is 2. The summed E-state index contributed by atoms with van der Waals surface area (Å²) in [6, 6.07) is 21.2. The van der Waals surface area contributed by atoms with Gasteiger partial charge in [0.1, 0.15) is 17.3 Å². The number of aryl methyl sites for hydroxylation is 1. The number of aromatic nitrogens is 4. The van der Waals surface area contributed by atoms with Gasteiger partial charge in [0.05, 0.1) is 11.4 Å². The number of rotatable bonds is 5. The third-order valence-corrected chi connectivity index (χ3v) is 7.02. The number of pyridine rings is 1. The molecule has 3 aromatic carbocycles. The van der Waals surface area contributed by atoms with E-state index in [1.807, 2.05) is 49.4 Å². The van der Waals surface area contributed by atoms with Gasteiger partial charge in [-0.1, -0.05) is 48.5 Å². The summed E-state index contributed by atoms with van der Waals surface area (Å²) in [5.41, 5.74) is 6.91. The first kappa shape index (κ1) is 25.2. The normalized spacial score (nSPS) is 11.3. The van der Waals surface area contributed by atoms with Gasteiger partial charge >= 0.3 is 6.03 Å². The van der Waals surface area contributed by atoms with Crippen molar-refractivity contribution in [3.05, 3.63) is 119 Å². The van der Waals surface area contributed by atoms with Gasteiger partial charge in [-0.25, -0.2) is 19.2 Å². The molecule has 198 valence electrons. The fourth-order valence-electron chi connectivity index (χ4n) is 4.97. The van der Waals surface area contributed by atoms with Crippen LogP contribution in [0, 0.1) is 12.7 Å². The molecule has 1 aromatic heterocycles. The molecule has 0 spiro atoms. The van der Waals surface area contributed by atoms with Crippen LogP contribution in [0.5, 0.6) is 0 Å². The van der Waals surface area contributed by atoms with Gasteiger partial charge in [-0.3, -0.25) is 9.36 Å². The molecule has 4 aromatic rings. The molecule has 3 heterocycles. The first-order valence-electron chi connectivity index (χ1n) is 12.9. The van der Waals surface area contributed by atoms with E-state index in [-0.39, 0.29) is 17.6 Å². The van der Waals surface area contributed by atoms with Crippen LogP contribution in [0.1, 0.15) is 33.0 Å². The third-order valence-electron chi connectivity index (χ3n) is 7.02. The zero-order valence-corrected chi connectivity index (χ0v) is 22.3. The van der Waals surface area contributed by atoms with Gasteiger partial charge < -0.3 is 9.88 Å². The number of fused-ring (bicyclic) bond motifs is 2. The molecule has 0 atom stereocenters. The summed E-state index contributed by atoms with van der Waals surface area (Å²) in [7, 11) is 3.42. The van der Waals surface area contributed by atoms with Gasteiger partial charge in [-0.15, -0.1) is 0 Å². The molecule has 6 rings (SSSR count). The van der Waals surface area contributed by atoms with E-state index in [0.717, 1.165) is 39.0 Å². The Bertz CT molecular complexity index is 1850. The standard InChI is InChI=1S/C32H26FN5O2/c1-19-35-27-14-15-38(32(40)37(2)3)29(30(27)36-19)16-20-4-6-22(7-5-20)31(39)26-18-34-28-17-23(10-13-25(26)28)21-8-11-24(33)12-9-21/h4-15,17-18,34H,16H2,1-3H3. The highest BCUT2D eigenvalue weighted by atomic mass is 19.1. The molecule has 0 radical (unpaired) electrons. The summed E-state index contributed by atoms with van der Waals surface area (Å²) in [4.78, 5) is 40.1. The number of halogens is 1. The number of carbonyl (C=O) groups is 2. The summed E-state index contributed by atoms with van der Waals surface area (Å²) in [6.45, 7) is 1.83. The number of nitrogens with zero attached hydrogens (tertiary/aromatic N) is 4. The summed E-state index contributed by atoms with van der Waals surface area (Å²) < 4.78 is 14.9. The van der Waals surface area contributed by atoms with E-state index in [1.165, 1.54) is 17.0 Å². The minimum absolute atomic E-state index is 0.0928. The van der Waals surface area contributed by atoms with Gasteiger partial charge in [-0.2, -0.15) is 0 Å². The third kappa shape index (κ3) is 4.53. The molecule has 0 bridgehead atoms. The maximum atomic E-state index is 13.4. The predicted molar refractivity (Wildman–Crippen MR) is 152 cm³/mol. The number of nitrogens with one attached hydrogen (secondary N) is 1. The van der Waals surface area contributed by atoms with Gasteiger partial charge in [-0.05, 0) is 47.9 Å². The molecule has 0 aliphatic carbocycles. The molecule has 1 N–H and O–H groups in total. The lowest BCUT2D eigenvalue weighted by Gasteiger charge is -2.19. The number of H-pyrrole nitrogens is 1. The largest absolute Gasteiger partial charge is 0.360 e. The van der Waals surface area contributed by atoms with E-state index in [2.05, 4.69) is 15.0 Å². The molecule has 40 heavy (non-hydrogen) atoms. The molecular weight excluding hydrogens is 505 g/mol. The van der Waals surface area contributed by atoms with Crippen molar-refractivity contribution < 1.29 is 14.0 Å². The van der Waals surface area contributed by atoms with E-state index >= 15 is 0 Å². The van der Waals surface area contributed by atoms with Crippen LogP contribution < -0.4 is 0 Å². The first-order chi connectivity index (χ1) is 19.3. The Labute approximate surface area is 230 Å². The molecule has 8 heteroatoms. The fourth-order valence-corrected chi connectivity index (χ4v) is 4.97. The minimum atomic E-state index is -0.281. The Morgan fingerprint density at radius 2 is 1.65 bits per heavy atom. The lowest BCUT2D eigenvalue weighted by atomic mass is 9.98. The Kier molecular flexibility index (Phi) is 6.23. The topological polar surface area (TPSA) is 83.9 Å². The second-order valence-corrected chi connectivity index (χ2v) is 9.99. The molecule has 0 fully saturated rings. The van der Waals surface area contributed by atoms with E-state index in [1.54, 1.807) is 49.3 Å². The average Bonchev–Trinajstić information content (AvgIpc) is 3.56. The van der Waals surface area contributed by atoms with Crippen LogP contribution in [0.2, 0.25) is 0 Å². The fraction of sp³-hybridized carbons (Fsp3) is 0.125. The predicted octanol–water partition coefficient (Wildman–Crippen LogP) is 6.33. The average molecular weight is 532 g/mol. The number of imidazole rings is 1. The van der Waals surface area contributed by atoms with Crippen LogP contribution >= 0.6 is 0 Å². The summed E-state index contributed by atoms with van der Waals surface area (Å²) in [6.07, 6.45) is 3.90. The van der Waals surface area contributed by atoms with Crippen LogP contribution in [-0.4, -0.2) is 50.3 Å².